The predicted molar refractivity (Wildman–Crippen MR) is 113 cm³/mol. The number of halogens is 8. The summed E-state index contributed by atoms with van der Waals surface area (Å²) in [5, 5.41) is 0. The molecule has 2 aromatic rings. The van der Waals surface area contributed by atoms with E-state index >= 15 is 0 Å². The third-order valence-electron chi connectivity index (χ3n) is 5.99. The number of ether oxygens (including phenoxy) is 2. The van der Waals surface area contributed by atoms with E-state index in [0.717, 1.165) is 12.8 Å². The topological polar surface area (TPSA) is 18.5 Å². The van der Waals surface area contributed by atoms with Crippen LogP contribution >= 0.6 is 0 Å². The Bertz CT molecular complexity index is 1000. The molecule has 0 unspecified atom stereocenters. The average molecular weight is 508 g/mol. The zero-order valence-electron chi connectivity index (χ0n) is 18.8. The van der Waals surface area contributed by atoms with Crippen LogP contribution in [0.3, 0.4) is 0 Å². The van der Waals surface area contributed by atoms with Crippen molar-refractivity contribution in [1.29, 1.82) is 0 Å². The molecule has 10 heteroatoms. The normalized spacial score (nSPS) is 18.9. The lowest BCUT2D eigenvalue weighted by atomic mass is 9.79. The monoisotopic (exact) mass is 508 g/mol. The van der Waals surface area contributed by atoms with E-state index in [1.165, 1.54) is 0 Å². The van der Waals surface area contributed by atoms with E-state index in [9.17, 15) is 35.1 Å². The fourth-order valence-corrected chi connectivity index (χ4v) is 4.30. The number of rotatable bonds is 9. The fraction of sp³-hybridized carbons (Fsp3) is 0.440. The Balaban J connectivity index is 1.79. The van der Waals surface area contributed by atoms with Gasteiger partial charge in [-0.3, -0.25) is 0 Å². The molecule has 0 heterocycles. The molecule has 0 atom stereocenters. The molecular weight excluding hydrogens is 484 g/mol. The van der Waals surface area contributed by atoms with Gasteiger partial charge in [-0.1, -0.05) is 19.8 Å². The summed E-state index contributed by atoms with van der Waals surface area (Å²) in [6.45, 7) is 2.02. The van der Waals surface area contributed by atoms with Crippen LogP contribution in [0.4, 0.5) is 35.1 Å². The Morgan fingerprint density at radius 1 is 0.914 bits per heavy atom. The molecule has 0 saturated heterocycles. The molecule has 35 heavy (non-hydrogen) atoms. The summed E-state index contributed by atoms with van der Waals surface area (Å²) in [5.74, 6) is -8.14. The van der Waals surface area contributed by atoms with Crippen LogP contribution in [0.1, 0.15) is 45.4 Å². The van der Waals surface area contributed by atoms with Crippen LogP contribution in [0.25, 0.3) is 11.1 Å². The molecule has 1 fully saturated rings. The maximum atomic E-state index is 14.7. The Kier molecular flexibility index (Phi) is 8.66. The lowest BCUT2D eigenvalue weighted by molar-refractivity contribution is -0.223. The second-order valence-corrected chi connectivity index (χ2v) is 8.48. The standard InChI is InChI=1S/C25H24F8O2/c1-2-3-14-4-6-16(7-5-14)25(32,33)35-17-12-18(26)23(19(27)13-17)15-10-20(28)24(21(29)11-15)34-9-8-22(30)31/h8-14,16,22H,2-7H2,1H3/b9-8+. The largest absolute Gasteiger partial charge is 0.459 e. The lowest BCUT2D eigenvalue weighted by Crippen LogP contribution is -2.37. The number of benzene rings is 2. The van der Waals surface area contributed by atoms with E-state index < -0.39 is 64.3 Å². The van der Waals surface area contributed by atoms with Crippen LogP contribution in [0.2, 0.25) is 0 Å². The molecule has 0 radical (unpaired) electrons. The smallest absolute Gasteiger partial charge is 0.400 e. The van der Waals surface area contributed by atoms with Crippen molar-refractivity contribution in [3.63, 3.8) is 0 Å². The molecule has 3 rings (SSSR count). The van der Waals surface area contributed by atoms with Crippen LogP contribution in [0.5, 0.6) is 11.5 Å². The Morgan fingerprint density at radius 3 is 2.00 bits per heavy atom. The van der Waals surface area contributed by atoms with Crippen molar-refractivity contribution < 1.29 is 44.6 Å². The molecule has 2 aromatic carbocycles. The quantitative estimate of drug-likeness (QED) is 0.249. The Morgan fingerprint density at radius 2 is 1.49 bits per heavy atom. The average Bonchev–Trinajstić information content (AvgIpc) is 2.75. The molecule has 2 nitrogen and oxygen atoms in total. The van der Waals surface area contributed by atoms with Gasteiger partial charge in [0, 0.05) is 18.2 Å². The maximum Gasteiger partial charge on any atom is 0.400 e. The first kappa shape index (κ1) is 26.8. The molecule has 0 aliphatic heterocycles. The van der Waals surface area contributed by atoms with Crippen molar-refractivity contribution in [2.24, 2.45) is 11.8 Å². The van der Waals surface area contributed by atoms with E-state index in [-0.39, 0.29) is 18.9 Å². The van der Waals surface area contributed by atoms with E-state index in [2.05, 4.69) is 9.47 Å². The minimum Gasteiger partial charge on any atom is -0.459 e. The van der Waals surface area contributed by atoms with Crippen molar-refractivity contribution in [2.75, 3.05) is 0 Å². The summed E-state index contributed by atoms with van der Waals surface area (Å²) in [6, 6.07) is 2.08. The first-order chi connectivity index (χ1) is 16.5. The highest BCUT2D eigenvalue weighted by molar-refractivity contribution is 5.67. The molecule has 1 saturated carbocycles. The second-order valence-electron chi connectivity index (χ2n) is 8.48. The molecular formula is C25H24F8O2. The molecule has 1 aliphatic carbocycles. The summed E-state index contributed by atoms with van der Waals surface area (Å²) in [5.41, 5.74) is -1.47. The number of alkyl halides is 4. The molecule has 0 N–H and O–H groups in total. The van der Waals surface area contributed by atoms with Crippen LogP contribution in [0, 0.1) is 35.1 Å². The van der Waals surface area contributed by atoms with E-state index in [1.54, 1.807) is 0 Å². The van der Waals surface area contributed by atoms with Gasteiger partial charge in [-0.15, -0.1) is 0 Å². The molecule has 0 aromatic heterocycles. The van der Waals surface area contributed by atoms with E-state index in [4.69, 9.17) is 0 Å². The summed E-state index contributed by atoms with van der Waals surface area (Å²) < 4.78 is 120. The third-order valence-corrected chi connectivity index (χ3v) is 5.99. The number of allylic oxidation sites excluding steroid dienone is 1. The first-order valence-corrected chi connectivity index (χ1v) is 11.2. The van der Waals surface area contributed by atoms with E-state index in [1.807, 2.05) is 6.92 Å². The minimum atomic E-state index is -3.65. The fourth-order valence-electron chi connectivity index (χ4n) is 4.30. The van der Waals surface area contributed by atoms with Gasteiger partial charge in [-0.2, -0.15) is 8.78 Å². The van der Waals surface area contributed by atoms with Crippen molar-refractivity contribution >= 4 is 0 Å². The van der Waals surface area contributed by atoms with Gasteiger partial charge < -0.3 is 9.47 Å². The Labute approximate surface area is 197 Å². The first-order valence-electron chi connectivity index (χ1n) is 11.2. The van der Waals surface area contributed by atoms with Gasteiger partial charge in [-0.05, 0) is 49.3 Å². The second kappa shape index (κ2) is 11.3. The minimum absolute atomic E-state index is 0.222. The highest BCUT2D eigenvalue weighted by Gasteiger charge is 2.44. The van der Waals surface area contributed by atoms with Gasteiger partial charge in [0.25, 0.3) is 6.43 Å². The van der Waals surface area contributed by atoms with Gasteiger partial charge in [0.05, 0.1) is 17.7 Å². The molecule has 0 spiro atoms. The molecule has 192 valence electrons. The summed E-state index contributed by atoms with van der Waals surface area (Å²) >= 11 is 0. The SMILES string of the molecule is CCCC1CCC(C(F)(F)Oc2cc(F)c(-c3cc(F)c(O/C=C/C(F)F)c(F)c3)c(F)c2)CC1. The van der Waals surface area contributed by atoms with Crippen LogP contribution in [-0.4, -0.2) is 12.5 Å². The molecule has 0 bridgehead atoms. The van der Waals surface area contributed by atoms with Crippen molar-refractivity contribution in [3.05, 3.63) is 59.9 Å². The van der Waals surface area contributed by atoms with Crippen LogP contribution < -0.4 is 9.47 Å². The highest BCUT2D eigenvalue weighted by Crippen LogP contribution is 2.42. The zero-order valence-corrected chi connectivity index (χ0v) is 18.8. The van der Waals surface area contributed by atoms with Gasteiger partial charge in [0.15, 0.2) is 17.4 Å². The van der Waals surface area contributed by atoms with Gasteiger partial charge in [0.1, 0.15) is 17.4 Å². The highest BCUT2D eigenvalue weighted by atomic mass is 19.3. The predicted octanol–water partition coefficient (Wildman–Crippen LogP) is 8.65. The van der Waals surface area contributed by atoms with Crippen LogP contribution in [-0.2, 0) is 0 Å². The van der Waals surface area contributed by atoms with Crippen molar-refractivity contribution in [1.82, 2.24) is 0 Å². The number of hydrogen-bond acceptors (Lipinski definition) is 2. The molecule has 0 amide bonds. The van der Waals surface area contributed by atoms with Crippen LogP contribution in [0.15, 0.2) is 36.6 Å². The van der Waals surface area contributed by atoms with Crippen molar-refractivity contribution in [2.45, 2.75) is 58.0 Å². The number of hydrogen-bond donors (Lipinski definition) is 0. The third kappa shape index (κ3) is 6.67. The van der Waals surface area contributed by atoms with Gasteiger partial charge in [-0.25, -0.2) is 26.3 Å². The Hall–Kier alpha value is -2.78. The lowest BCUT2D eigenvalue weighted by Gasteiger charge is -2.33. The van der Waals surface area contributed by atoms with Gasteiger partial charge >= 0.3 is 6.11 Å². The maximum absolute atomic E-state index is 14.7. The van der Waals surface area contributed by atoms with Crippen molar-refractivity contribution in [3.8, 4) is 22.6 Å². The summed E-state index contributed by atoms with van der Waals surface area (Å²) in [7, 11) is 0. The summed E-state index contributed by atoms with van der Waals surface area (Å²) in [4.78, 5) is 0. The molecule has 1 aliphatic rings. The zero-order chi connectivity index (χ0) is 25.8. The van der Waals surface area contributed by atoms with E-state index in [0.29, 0.717) is 49.3 Å². The summed E-state index contributed by atoms with van der Waals surface area (Å²) in [6.07, 6.45) is -2.37. The van der Waals surface area contributed by atoms with Gasteiger partial charge in [0.2, 0.25) is 0 Å².